The Morgan fingerprint density at radius 3 is 1.20 bits per heavy atom. The molecule has 1 fully saturated rings. The number of carbonyl (C=O) groups is 3. The van der Waals surface area contributed by atoms with Crippen molar-refractivity contribution in [3.63, 3.8) is 0 Å². The summed E-state index contributed by atoms with van der Waals surface area (Å²) >= 11 is 0. The fraction of sp³-hybridized carbons (Fsp3) is 0.909. The molecule has 0 saturated carbocycles. The minimum Gasteiger partial charge on any atom is -0.481 e. The van der Waals surface area contributed by atoms with Crippen molar-refractivity contribution >= 4 is 24.1 Å². The van der Waals surface area contributed by atoms with Gasteiger partial charge in [-0.3, -0.25) is 14.4 Å². The molecule has 0 aliphatic carbocycles. The van der Waals surface area contributed by atoms with Crippen molar-refractivity contribution in [1.29, 1.82) is 0 Å². The van der Waals surface area contributed by atoms with Gasteiger partial charge in [0, 0.05) is 6.42 Å². The third-order valence-corrected chi connectivity index (χ3v) is 10.5. The number of rotatable bonds is 34. The Labute approximate surface area is 314 Å². The number of carboxylic acids is 1. The molecule has 3 atom stereocenters. The Morgan fingerprint density at radius 1 is 0.588 bits per heavy atom. The molecule has 0 aromatic carbocycles. The molecule has 300 valence electrons. The standard InChI is InChI=1S/C22H40O3.C21H42O2.CO2/c1-3-4-5-6-7-8-9-10-11-12-13-14-15-16-17-19(2)20-18-21(23)25-22(20)24;1-3-4-5-6-7-8-9-10-11-12-13-14-15-16-17-20(2)18-19-21(22)23;2-1-3/h19-20H,3-18H2,1-2H3;20H,3-19H2,1-2H3,(H,22,23);. The van der Waals surface area contributed by atoms with E-state index in [1.54, 1.807) is 0 Å². The zero-order valence-corrected chi connectivity index (χ0v) is 34.0. The van der Waals surface area contributed by atoms with Crippen LogP contribution in [0.15, 0.2) is 0 Å². The number of hydrogen-bond acceptors (Lipinski definition) is 6. The molecule has 1 aliphatic heterocycles. The van der Waals surface area contributed by atoms with Crippen LogP contribution in [0.4, 0.5) is 0 Å². The van der Waals surface area contributed by atoms with Crippen molar-refractivity contribution in [2.45, 2.75) is 240 Å². The summed E-state index contributed by atoms with van der Waals surface area (Å²) in [5.74, 6) is -0.641. The van der Waals surface area contributed by atoms with E-state index in [0.717, 1.165) is 19.3 Å². The van der Waals surface area contributed by atoms with Gasteiger partial charge >= 0.3 is 24.1 Å². The Balaban J connectivity index is 0. The molecule has 1 aliphatic rings. The van der Waals surface area contributed by atoms with E-state index in [0.29, 0.717) is 18.8 Å². The van der Waals surface area contributed by atoms with Crippen LogP contribution < -0.4 is 0 Å². The first-order valence-electron chi connectivity index (χ1n) is 21.7. The van der Waals surface area contributed by atoms with Gasteiger partial charge in [0.2, 0.25) is 0 Å². The number of cyclic esters (lactones) is 2. The van der Waals surface area contributed by atoms with Crippen molar-refractivity contribution in [3.05, 3.63) is 0 Å². The van der Waals surface area contributed by atoms with Crippen LogP contribution in [0.1, 0.15) is 240 Å². The molecule has 51 heavy (non-hydrogen) atoms. The van der Waals surface area contributed by atoms with Gasteiger partial charge in [-0.2, -0.15) is 9.59 Å². The van der Waals surface area contributed by atoms with Crippen LogP contribution >= 0.6 is 0 Å². The highest BCUT2D eigenvalue weighted by atomic mass is 16.6. The quantitative estimate of drug-likeness (QED) is 0.0399. The van der Waals surface area contributed by atoms with E-state index < -0.39 is 5.97 Å². The molecule has 0 bridgehead atoms. The molecule has 7 nitrogen and oxygen atoms in total. The maximum Gasteiger partial charge on any atom is 0.373 e. The van der Waals surface area contributed by atoms with Crippen molar-refractivity contribution in [1.82, 2.24) is 0 Å². The third-order valence-electron chi connectivity index (χ3n) is 10.5. The highest BCUT2D eigenvalue weighted by molar-refractivity contribution is 5.94. The lowest BCUT2D eigenvalue weighted by atomic mass is 9.88. The molecule has 1 rings (SSSR count). The SMILES string of the molecule is CCCCCCCCCCCCCCCCC(C)C1CC(=O)OC1=O.CCCCCCCCCCCCCCCCC(C)CCC(=O)O.O=C=O. The summed E-state index contributed by atoms with van der Waals surface area (Å²) in [5.41, 5.74) is 0. The van der Waals surface area contributed by atoms with Crippen molar-refractivity contribution in [3.8, 4) is 0 Å². The van der Waals surface area contributed by atoms with Crippen molar-refractivity contribution in [2.75, 3.05) is 0 Å². The fourth-order valence-electron chi connectivity index (χ4n) is 6.99. The van der Waals surface area contributed by atoms with Crippen LogP contribution in [0.25, 0.3) is 0 Å². The smallest absolute Gasteiger partial charge is 0.373 e. The van der Waals surface area contributed by atoms with Gasteiger partial charge in [0.05, 0.1) is 12.3 Å². The monoisotopic (exact) mass is 723 g/mol. The normalized spacial score (nSPS) is 14.9. The number of ether oxygens (including phenoxy) is 1. The van der Waals surface area contributed by atoms with E-state index in [1.165, 1.54) is 180 Å². The van der Waals surface area contributed by atoms with Gasteiger partial charge in [0.1, 0.15) is 0 Å². The second-order valence-electron chi connectivity index (χ2n) is 15.5. The molecule has 3 unspecified atom stereocenters. The predicted octanol–water partition coefficient (Wildman–Crippen LogP) is 13.4. The van der Waals surface area contributed by atoms with Crippen molar-refractivity contribution in [2.24, 2.45) is 17.8 Å². The molecular weight excluding hydrogens is 640 g/mol. The van der Waals surface area contributed by atoms with Crippen LogP contribution in [0, 0.1) is 17.8 Å². The zero-order valence-electron chi connectivity index (χ0n) is 34.0. The first kappa shape index (κ1) is 51.1. The van der Waals surface area contributed by atoms with E-state index in [-0.39, 0.29) is 29.9 Å². The van der Waals surface area contributed by atoms with Gasteiger partial charge in [-0.1, -0.05) is 214 Å². The average molecular weight is 723 g/mol. The summed E-state index contributed by atoms with van der Waals surface area (Å²) in [6.07, 6.45) is 42.6. The van der Waals surface area contributed by atoms with Gasteiger partial charge in [0.25, 0.3) is 0 Å². The molecule has 0 spiro atoms. The van der Waals surface area contributed by atoms with Crippen molar-refractivity contribution < 1.29 is 33.8 Å². The lowest BCUT2D eigenvalue weighted by Crippen LogP contribution is -2.16. The molecule has 1 heterocycles. The van der Waals surface area contributed by atoms with E-state index in [2.05, 4.69) is 32.4 Å². The summed E-state index contributed by atoms with van der Waals surface area (Å²) < 4.78 is 4.64. The highest BCUT2D eigenvalue weighted by Gasteiger charge is 2.36. The molecule has 0 aromatic heterocycles. The number of unbranched alkanes of at least 4 members (excludes halogenated alkanes) is 26. The second-order valence-corrected chi connectivity index (χ2v) is 15.5. The van der Waals surface area contributed by atoms with Crippen LogP contribution in [0.3, 0.4) is 0 Å². The van der Waals surface area contributed by atoms with Crippen LogP contribution in [-0.4, -0.2) is 29.2 Å². The highest BCUT2D eigenvalue weighted by Crippen LogP contribution is 2.28. The van der Waals surface area contributed by atoms with Crippen LogP contribution in [-0.2, 0) is 28.7 Å². The first-order chi connectivity index (χ1) is 24.7. The van der Waals surface area contributed by atoms with E-state index in [4.69, 9.17) is 14.7 Å². The number of carboxylic acid groups (broad SMARTS) is 1. The van der Waals surface area contributed by atoms with Crippen LogP contribution in [0.5, 0.6) is 0 Å². The van der Waals surface area contributed by atoms with Gasteiger partial charge in [-0.15, -0.1) is 0 Å². The molecule has 7 heteroatoms. The van der Waals surface area contributed by atoms with Gasteiger partial charge in [0.15, 0.2) is 0 Å². The van der Waals surface area contributed by atoms with Gasteiger partial charge in [-0.05, 0) is 24.7 Å². The Bertz CT molecular complexity index is 820. The summed E-state index contributed by atoms with van der Waals surface area (Å²) in [5, 5.41) is 8.66. The lowest BCUT2D eigenvalue weighted by Gasteiger charge is -2.14. The molecular formula is C44H82O7. The largest absolute Gasteiger partial charge is 0.481 e. The van der Waals surface area contributed by atoms with Gasteiger partial charge < -0.3 is 9.84 Å². The summed E-state index contributed by atoms with van der Waals surface area (Å²) in [7, 11) is 0. The molecule has 0 amide bonds. The predicted molar refractivity (Wildman–Crippen MR) is 209 cm³/mol. The fourth-order valence-corrected chi connectivity index (χ4v) is 6.99. The Kier molecular flexibility index (Phi) is 40.8. The maximum atomic E-state index is 11.5. The molecule has 1 N–H and O–H groups in total. The minimum absolute atomic E-state index is 0.186. The second kappa shape index (κ2) is 40.8. The topological polar surface area (TPSA) is 115 Å². The van der Waals surface area contributed by atoms with E-state index in [9.17, 15) is 14.4 Å². The summed E-state index contributed by atoms with van der Waals surface area (Å²) in [6, 6.07) is 0. The van der Waals surface area contributed by atoms with Gasteiger partial charge in [-0.25, -0.2) is 0 Å². The number of aliphatic carboxylic acids is 1. The summed E-state index contributed by atoms with van der Waals surface area (Å²) in [4.78, 5) is 49.4. The number of esters is 2. The van der Waals surface area contributed by atoms with E-state index >= 15 is 0 Å². The lowest BCUT2D eigenvalue weighted by molar-refractivity contribution is -0.191. The van der Waals surface area contributed by atoms with Crippen LogP contribution in [0.2, 0.25) is 0 Å². The molecule has 1 saturated heterocycles. The first-order valence-corrected chi connectivity index (χ1v) is 21.7. The third kappa shape index (κ3) is 39.0. The number of carbonyl (C=O) groups excluding carboxylic acids is 4. The average Bonchev–Trinajstić information content (AvgIpc) is 3.45. The van der Waals surface area contributed by atoms with E-state index in [1.807, 2.05) is 0 Å². The molecule has 0 radical (unpaired) electrons. The minimum atomic E-state index is -0.655. The molecule has 0 aromatic rings. The number of hydrogen-bond donors (Lipinski definition) is 1. The summed E-state index contributed by atoms with van der Waals surface area (Å²) in [6.45, 7) is 8.81. The Morgan fingerprint density at radius 2 is 0.902 bits per heavy atom. The maximum absolute atomic E-state index is 11.5. The zero-order chi connectivity index (χ0) is 38.2. The Hall–Kier alpha value is -2.01.